The number of carbonyl (C=O) groups is 1. The number of sulfone groups is 1. The lowest BCUT2D eigenvalue weighted by Gasteiger charge is -2.08. The van der Waals surface area contributed by atoms with E-state index in [1.807, 2.05) is 0 Å². The highest BCUT2D eigenvalue weighted by Gasteiger charge is 2.32. The van der Waals surface area contributed by atoms with Gasteiger partial charge in [0.25, 0.3) is 0 Å². The van der Waals surface area contributed by atoms with Crippen LogP contribution in [0.5, 0.6) is 0 Å². The maximum atomic E-state index is 11.5. The van der Waals surface area contributed by atoms with Crippen molar-refractivity contribution < 1.29 is 17.9 Å². The maximum Gasteiger partial charge on any atom is 0.155 e. The first kappa shape index (κ1) is 10.7. The molecule has 0 amide bonds. The van der Waals surface area contributed by atoms with Crippen LogP contribution in [0.2, 0.25) is 0 Å². The van der Waals surface area contributed by atoms with E-state index < -0.39 is 15.1 Å². The summed E-state index contributed by atoms with van der Waals surface area (Å²) < 4.78 is 27.7. The molecule has 13 heavy (non-hydrogen) atoms. The van der Waals surface area contributed by atoms with Gasteiger partial charge in [0.05, 0.1) is 17.6 Å². The minimum absolute atomic E-state index is 0.0292. The highest BCUT2D eigenvalue weighted by Crippen LogP contribution is 2.22. The Morgan fingerprint density at radius 3 is 2.69 bits per heavy atom. The SMILES string of the molecule is COCCS(=O)(=O)C1CCC(=O)C1. The minimum atomic E-state index is -3.10. The van der Waals surface area contributed by atoms with E-state index in [4.69, 9.17) is 4.74 Å². The van der Waals surface area contributed by atoms with Gasteiger partial charge in [0.1, 0.15) is 5.78 Å². The first-order chi connectivity index (χ1) is 6.06. The second kappa shape index (κ2) is 4.19. The highest BCUT2D eigenvalue weighted by molar-refractivity contribution is 7.92. The predicted octanol–water partition coefficient (Wildman–Crippen LogP) is 0.169. The summed E-state index contributed by atoms with van der Waals surface area (Å²) >= 11 is 0. The number of ether oxygens (including phenoxy) is 1. The molecule has 1 fully saturated rings. The summed E-state index contributed by atoms with van der Waals surface area (Å²) in [5.74, 6) is 0.0903. The fourth-order valence-electron chi connectivity index (χ4n) is 1.45. The lowest BCUT2D eigenvalue weighted by atomic mass is 10.4. The molecule has 1 aliphatic carbocycles. The van der Waals surface area contributed by atoms with Crippen molar-refractivity contribution in [2.24, 2.45) is 0 Å². The second-order valence-electron chi connectivity index (χ2n) is 3.26. The number of Topliss-reactive ketones (excluding diaryl/α,β-unsaturated/α-hetero) is 1. The van der Waals surface area contributed by atoms with Gasteiger partial charge in [-0.1, -0.05) is 0 Å². The molecule has 1 saturated carbocycles. The van der Waals surface area contributed by atoms with Crippen molar-refractivity contribution in [2.75, 3.05) is 19.5 Å². The van der Waals surface area contributed by atoms with E-state index in [0.717, 1.165) is 0 Å². The van der Waals surface area contributed by atoms with Crippen molar-refractivity contribution in [3.63, 3.8) is 0 Å². The molecule has 0 bridgehead atoms. The third kappa shape index (κ3) is 2.77. The van der Waals surface area contributed by atoms with Crippen molar-refractivity contribution in [3.05, 3.63) is 0 Å². The fraction of sp³-hybridized carbons (Fsp3) is 0.875. The van der Waals surface area contributed by atoms with Crippen molar-refractivity contribution in [1.82, 2.24) is 0 Å². The van der Waals surface area contributed by atoms with Crippen molar-refractivity contribution >= 4 is 15.6 Å². The Balaban J connectivity index is 2.55. The lowest BCUT2D eigenvalue weighted by molar-refractivity contribution is -0.117. The zero-order chi connectivity index (χ0) is 9.90. The first-order valence-corrected chi connectivity index (χ1v) is 6.00. The Morgan fingerprint density at radius 2 is 2.23 bits per heavy atom. The molecular formula is C8H14O4S. The number of rotatable bonds is 4. The molecule has 0 aliphatic heterocycles. The first-order valence-electron chi connectivity index (χ1n) is 4.28. The van der Waals surface area contributed by atoms with Crippen LogP contribution in [0.15, 0.2) is 0 Å². The van der Waals surface area contributed by atoms with Gasteiger partial charge in [-0.05, 0) is 6.42 Å². The van der Waals surface area contributed by atoms with Gasteiger partial charge in [-0.25, -0.2) is 8.42 Å². The van der Waals surface area contributed by atoms with E-state index in [-0.39, 0.29) is 24.6 Å². The normalized spacial score (nSPS) is 23.8. The van der Waals surface area contributed by atoms with E-state index in [1.165, 1.54) is 7.11 Å². The summed E-state index contributed by atoms with van der Waals surface area (Å²) in [6.45, 7) is 0.215. The monoisotopic (exact) mass is 206 g/mol. The summed E-state index contributed by atoms with van der Waals surface area (Å²) in [7, 11) is -1.63. The number of methoxy groups -OCH3 is 1. The summed E-state index contributed by atoms with van der Waals surface area (Å²) in [6.07, 6.45) is 1.10. The second-order valence-corrected chi connectivity index (χ2v) is 5.66. The standard InChI is InChI=1S/C8H14O4S/c1-12-4-5-13(10,11)8-3-2-7(9)6-8/h8H,2-6H2,1H3. The molecule has 0 spiro atoms. The van der Waals surface area contributed by atoms with Gasteiger partial charge in [-0.15, -0.1) is 0 Å². The van der Waals surface area contributed by atoms with Crippen LogP contribution in [0.4, 0.5) is 0 Å². The van der Waals surface area contributed by atoms with Crippen molar-refractivity contribution in [3.8, 4) is 0 Å². The van der Waals surface area contributed by atoms with Crippen LogP contribution in [0.3, 0.4) is 0 Å². The van der Waals surface area contributed by atoms with E-state index in [9.17, 15) is 13.2 Å². The average molecular weight is 206 g/mol. The third-order valence-electron chi connectivity index (χ3n) is 2.28. The van der Waals surface area contributed by atoms with Gasteiger partial charge in [-0.3, -0.25) is 4.79 Å². The van der Waals surface area contributed by atoms with Crippen LogP contribution in [-0.4, -0.2) is 38.9 Å². The van der Waals surface area contributed by atoms with Crippen LogP contribution in [0.1, 0.15) is 19.3 Å². The lowest BCUT2D eigenvalue weighted by Crippen LogP contribution is -2.23. The third-order valence-corrected chi connectivity index (χ3v) is 4.43. The molecule has 0 aromatic heterocycles. The molecule has 5 heteroatoms. The molecule has 0 heterocycles. The summed E-state index contributed by atoms with van der Waals surface area (Å²) in [4.78, 5) is 10.9. The number of hydrogen-bond acceptors (Lipinski definition) is 4. The molecule has 0 N–H and O–H groups in total. The number of hydrogen-bond donors (Lipinski definition) is 0. The van der Waals surface area contributed by atoms with Gasteiger partial charge >= 0.3 is 0 Å². The average Bonchev–Trinajstić information content (AvgIpc) is 2.49. The summed E-state index contributed by atoms with van der Waals surface area (Å²) in [5.41, 5.74) is 0. The smallest absolute Gasteiger partial charge is 0.155 e. The molecule has 1 atom stereocenters. The van der Waals surface area contributed by atoms with Gasteiger partial charge in [-0.2, -0.15) is 0 Å². The van der Waals surface area contributed by atoms with Crippen LogP contribution in [0.25, 0.3) is 0 Å². The summed E-state index contributed by atoms with van der Waals surface area (Å²) in [5, 5.41) is -0.449. The van der Waals surface area contributed by atoms with Crippen LogP contribution in [-0.2, 0) is 19.4 Å². The van der Waals surface area contributed by atoms with Crippen LogP contribution >= 0.6 is 0 Å². The Labute approximate surface area is 78.2 Å². The van der Waals surface area contributed by atoms with Crippen LogP contribution < -0.4 is 0 Å². The predicted molar refractivity (Wildman–Crippen MR) is 48.3 cm³/mol. The largest absolute Gasteiger partial charge is 0.384 e. The Kier molecular flexibility index (Phi) is 3.44. The van der Waals surface area contributed by atoms with Gasteiger partial charge in [0.2, 0.25) is 0 Å². The molecule has 4 nitrogen and oxygen atoms in total. The quantitative estimate of drug-likeness (QED) is 0.658. The van der Waals surface area contributed by atoms with Crippen LogP contribution in [0, 0.1) is 0 Å². The molecule has 1 rings (SSSR count). The Morgan fingerprint density at radius 1 is 1.54 bits per heavy atom. The number of carbonyl (C=O) groups excluding carboxylic acids is 1. The molecule has 0 aromatic rings. The molecule has 0 aromatic carbocycles. The molecule has 0 radical (unpaired) electrons. The van der Waals surface area contributed by atoms with Gasteiger partial charge in [0, 0.05) is 20.0 Å². The molecular weight excluding hydrogens is 192 g/mol. The fourth-order valence-corrected chi connectivity index (χ4v) is 3.10. The van der Waals surface area contributed by atoms with E-state index in [2.05, 4.69) is 0 Å². The Bertz CT molecular complexity index is 281. The van der Waals surface area contributed by atoms with Gasteiger partial charge < -0.3 is 4.74 Å². The Hall–Kier alpha value is -0.420. The summed E-state index contributed by atoms with van der Waals surface area (Å²) in [6, 6.07) is 0. The van der Waals surface area contributed by atoms with E-state index in [1.54, 1.807) is 0 Å². The van der Waals surface area contributed by atoms with Crippen molar-refractivity contribution in [1.29, 1.82) is 0 Å². The topological polar surface area (TPSA) is 60.4 Å². The van der Waals surface area contributed by atoms with Gasteiger partial charge in [0.15, 0.2) is 9.84 Å². The number of ketones is 1. The maximum absolute atomic E-state index is 11.5. The zero-order valence-corrected chi connectivity index (χ0v) is 8.47. The van der Waals surface area contributed by atoms with E-state index in [0.29, 0.717) is 12.8 Å². The molecule has 1 unspecified atom stereocenters. The highest BCUT2D eigenvalue weighted by atomic mass is 32.2. The van der Waals surface area contributed by atoms with E-state index >= 15 is 0 Å². The molecule has 76 valence electrons. The minimum Gasteiger partial charge on any atom is -0.384 e. The molecule has 0 saturated heterocycles. The molecule has 1 aliphatic rings. The zero-order valence-electron chi connectivity index (χ0n) is 7.65. The van der Waals surface area contributed by atoms with Crippen molar-refractivity contribution in [2.45, 2.75) is 24.5 Å².